The van der Waals surface area contributed by atoms with Crippen LogP contribution in [0, 0.1) is 5.92 Å². The first-order valence-corrected chi connectivity index (χ1v) is 5.20. The minimum absolute atomic E-state index is 0.0989. The lowest BCUT2D eigenvalue weighted by atomic mass is 10.0. The summed E-state index contributed by atoms with van der Waals surface area (Å²) in [5.41, 5.74) is 0. The van der Waals surface area contributed by atoms with Gasteiger partial charge in [-0.2, -0.15) is 0 Å². The van der Waals surface area contributed by atoms with Crippen molar-refractivity contribution in [1.29, 1.82) is 0 Å². The van der Waals surface area contributed by atoms with Gasteiger partial charge in [-0.1, -0.05) is 6.92 Å². The molecule has 1 aliphatic heterocycles. The summed E-state index contributed by atoms with van der Waals surface area (Å²) in [6.45, 7) is 2.83. The first-order valence-electron chi connectivity index (χ1n) is 5.20. The summed E-state index contributed by atoms with van der Waals surface area (Å²) < 4.78 is 0. The van der Waals surface area contributed by atoms with E-state index in [0.717, 1.165) is 12.8 Å². The Morgan fingerprint density at radius 2 is 2.29 bits per heavy atom. The molecule has 82 valence electrons. The third kappa shape index (κ3) is 3.27. The third-order valence-corrected chi connectivity index (χ3v) is 2.74. The molecule has 0 aliphatic carbocycles. The molecule has 1 fully saturated rings. The lowest BCUT2D eigenvalue weighted by Crippen LogP contribution is -2.38. The standard InChI is InChI=1S/C10H19NO3/c1-8-2-3-10(14)11(5-4-8)6-9(13)7-12/h8-9,12-13H,2-7H2,1H3. The molecule has 0 bridgehead atoms. The number of aliphatic hydroxyl groups excluding tert-OH is 2. The van der Waals surface area contributed by atoms with E-state index in [1.54, 1.807) is 4.90 Å². The van der Waals surface area contributed by atoms with Crippen LogP contribution in [0.4, 0.5) is 0 Å². The van der Waals surface area contributed by atoms with Gasteiger partial charge in [0.25, 0.3) is 0 Å². The Kier molecular flexibility index (Phi) is 4.35. The van der Waals surface area contributed by atoms with E-state index in [9.17, 15) is 9.90 Å². The Balaban J connectivity index is 2.45. The average Bonchev–Trinajstić information content (AvgIpc) is 2.33. The van der Waals surface area contributed by atoms with Gasteiger partial charge in [-0.05, 0) is 18.8 Å². The van der Waals surface area contributed by atoms with Crippen molar-refractivity contribution < 1.29 is 15.0 Å². The van der Waals surface area contributed by atoms with Crippen molar-refractivity contribution in [1.82, 2.24) is 4.90 Å². The predicted molar refractivity (Wildman–Crippen MR) is 52.7 cm³/mol. The van der Waals surface area contributed by atoms with E-state index in [2.05, 4.69) is 6.92 Å². The zero-order valence-corrected chi connectivity index (χ0v) is 8.65. The van der Waals surface area contributed by atoms with Crippen molar-refractivity contribution in [3.63, 3.8) is 0 Å². The van der Waals surface area contributed by atoms with E-state index in [0.29, 0.717) is 18.9 Å². The van der Waals surface area contributed by atoms with Gasteiger partial charge in [-0.25, -0.2) is 0 Å². The Hall–Kier alpha value is -0.610. The van der Waals surface area contributed by atoms with Crippen LogP contribution in [0.15, 0.2) is 0 Å². The number of likely N-dealkylation sites (tertiary alicyclic amines) is 1. The van der Waals surface area contributed by atoms with E-state index >= 15 is 0 Å². The van der Waals surface area contributed by atoms with E-state index in [4.69, 9.17) is 5.11 Å². The highest BCUT2D eigenvalue weighted by atomic mass is 16.3. The Labute approximate surface area is 84.5 Å². The van der Waals surface area contributed by atoms with E-state index < -0.39 is 6.10 Å². The molecule has 0 spiro atoms. The quantitative estimate of drug-likeness (QED) is 0.675. The summed E-state index contributed by atoms with van der Waals surface area (Å²) in [6.07, 6.45) is 1.70. The highest BCUT2D eigenvalue weighted by molar-refractivity contribution is 5.76. The van der Waals surface area contributed by atoms with Crippen LogP contribution in [0.5, 0.6) is 0 Å². The molecule has 14 heavy (non-hydrogen) atoms. The molecule has 2 unspecified atom stereocenters. The third-order valence-electron chi connectivity index (χ3n) is 2.74. The van der Waals surface area contributed by atoms with Gasteiger partial charge >= 0.3 is 0 Å². The number of rotatable bonds is 3. The Morgan fingerprint density at radius 1 is 1.57 bits per heavy atom. The number of hydrogen-bond acceptors (Lipinski definition) is 3. The lowest BCUT2D eigenvalue weighted by molar-refractivity contribution is -0.132. The number of carbonyl (C=O) groups excluding carboxylic acids is 1. The van der Waals surface area contributed by atoms with Crippen molar-refractivity contribution in [2.75, 3.05) is 19.7 Å². The highest BCUT2D eigenvalue weighted by Crippen LogP contribution is 2.17. The molecule has 4 nitrogen and oxygen atoms in total. The first kappa shape index (κ1) is 11.5. The maximum Gasteiger partial charge on any atom is 0.222 e. The molecule has 0 aromatic rings. The second kappa shape index (κ2) is 5.32. The maximum atomic E-state index is 11.5. The molecule has 4 heteroatoms. The molecule has 1 aliphatic rings. The largest absolute Gasteiger partial charge is 0.394 e. The van der Waals surface area contributed by atoms with Crippen LogP contribution in [0.3, 0.4) is 0 Å². The molecule has 0 radical (unpaired) electrons. The normalized spacial score (nSPS) is 26.1. The van der Waals surface area contributed by atoms with Gasteiger partial charge in [0.05, 0.1) is 12.7 Å². The zero-order valence-electron chi connectivity index (χ0n) is 8.65. The number of hydrogen-bond donors (Lipinski definition) is 2. The van der Waals surface area contributed by atoms with Gasteiger partial charge in [0, 0.05) is 19.5 Å². The summed E-state index contributed by atoms with van der Waals surface area (Å²) in [5.74, 6) is 0.678. The predicted octanol–water partition coefficient (Wildman–Crippen LogP) is -0.0118. The average molecular weight is 201 g/mol. The minimum atomic E-state index is -0.799. The number of aliphatic hydroxyl groups is 2. The van der Waals surface area contributed by atoms with Crippen molar-refractivity contribution in [3.05, 3.63) is 0 Å². The van der Waals surface area contributed by atoms with E-state index in [1.807, 2.05) is 0 Å². The number of carbonyl (C=O) groups is 1. The van der Waals surface area contributed by atoms with Crippen LogP contribution >= 0.6 is 0 Å². The van der Waals surface area contributed by atoms with Crippen LogP contribution in [0.2, 0.25) is 0 Å². The maximum absolute atomic E-state index is 11.5. The molecule has 1 rings (SSSR count). The monoisotopic (exact) mass is 201 g/mol. The molecule has 0 saturated carbocycles. The van der Waals surface area contributed by atoms with Crippen LogP contribution in [-0.2, 0) is 4.79 Å². The summed E-state index contributed by atoms with van der Waals surface area (Å²) in [6, 6.07) is 0. The van der Waals surface area contributed by atoms with Gasteiger partial charge < -0.3 is 15.1 Å². The van der Waals surface area contributed by atoms with E-state index in [1.165, 1.54) is 0 Å². The smallest absolute Gasteiger partial charge is 0.222 e. The van der Waals surface area contributed by atoms with Crippen LogP contribution in [-0.4, -0.2) is 46.8 Å². The van der Waals surface area contributed by atoms with Crippen molar-refractivity contribution in [3.8, 4) is 0 Å². The number of nitrogens with zero attached hydrogens (tertiary/aromatic N) is 1. The molecule has 2 N–H and O–H groups in total. The molecule has 0 aromatic heterocycles. The van der Waals surface area contributed by atoms with Crippen LogP contribution in [0.1, 0.15) is 26.2 Å². The molecular weight excluding hydrogens is 182 g/mol. The van der Waals surface area contributed by atoms with E-state index in [-0.39, 0.29) is 19.1 Å². The topological polar surface area (TPSA) is 60.8 Å². The van der Waals surface area contributed by atoms with Gasteiger partial charge in [0.2, 0.25) is 5.91 Å². The van der Waals surface area contributed by atoms with Gasteiger partial charge in [-0.3, -0.25) is 4.79 Å². The van der Waals surface area contributed by atoms with Gasteiger partial charge in [0.1, 0.15) is 0 Å². The van der Waals surface area contributed by atoms with Crippen molar-refractivity contribution >= 4 is 5.91 Å². The highest BCUT2D eigenvalue weighted by Gasteiger charge is 2.21. The molecular formula is C10H19NO3. The fraction of sp³-hybridized carbons (Fsp3) is 0.900. The molecule has 1 saturated heterocycles. The minimum Gasteiger partial charge on any atom is -0.394 e. The molecule has 0 aromatic carbocycles. The van der Waals surface area contributed by atoms with Crippen LogP contribution in [0.25, 0.3) is 0 Å². The van der Waals surface area contributed by atoms with Crippen molar-refractivity contribution in [2.24, 2.45) is 5.92 Å². The first-order chi connectivity index (χ1) is 6.63. The zero-order chi connectivity index (χ0) is 10.6. The molecule has 1 heterocycles. The van der Waals surface area contributed by atoms with Crippen molar-refractivity contribution in [2.45, 2.75) is 32.3 Å². The molecule has 2 atom stereocenters. The summed E-state index contributed by atoms with van der Waals surface area (Å²) in [7, 11) is 0. The Bertz CT molecular complexity index is 196. The molecule has 1 amide bonds. The van der Waals surface area contributed by atoms with Crippen LogP contribution < -0.4 is 0 Å². The number of β-amino-alcohol motifs (C(OH)–C–C–N with tert-alkyl or cyclic N) is 1. The number of amides is 1. The summed E-state index contributed by atoms with van der Waals surface area (Å²) in [4.78, 5) is 13.2. The lowest BCUT2D eigenvalue weighted by Gasteiger charge is -2.22. The summed E-state index contributed by atoms with van der Waals surface area (Å²) >= 11 is 0. The Morgan fingerprint density at radius 3 is 2.93 bits per heavy atom. The SMILES string of the molecule is CC1CCC(=O)N(CC(O)CO)CC1. The second-order valence-corrected chi connectivity index (χ2v) is 4.11. The summed E-state index contributed by atoms with van der Waals surface area (Å²) in [5, 5.41) is 17.9. The fourth-order valence-electron chi connectivity index (χ4n) is 1.68. The van der Waals surface area contributed by atoms with Gasteiger partial charge in [-0.15, -0.1) is 0 Å². The van der Waals surface area contributed by atoms with Gasteiger partial charge in [0.15, 0.2) is 0 Å². The second-order valence-electron chi connectivity index (χ2n) is 4.11. The fourth-order valence-corrected chi connectivity index (χ4v) is 1.68.